The van der Waals surface area contributed by atoms with Crippen LogP contribution in [-0.2, 0) is 4.79 Å². The first-order chi connectivity index (χ1) is 9.97. The van der Waals surface area contributed by atoms with Crippen LogP contribution in [0.5, 0.6) is 5.75 Å². The number of benzene rings is 1. The molecule has 0 aliphatic rings. The molecule has 110 valence electrons. The van der Waals surface area contributed by atoms with Gasteiger partial charge in [0.2, 0.25) is 0 Å². The summed E-state index contributed by atoms with van der Waals surface area (Å²) in [6.45, 7) is 5.51. The summed E-state index contributed by atoms with van der Waals surface area (Å²) in [6.07, 6.45) is 2.61. The van der Waals surface area contributed by atoms with Crippen molar-refractivity contribution in [3.63, 3.8) is 0 Å². The molecule has 5 heteroatoms. The molecule has 1 aromatic carbocycles. The molecule has 2 rings (SSSR count). The number of aryl methyl sites for hydroxylation is 2. The standard InChI is InChI=1S/C16H17ClN2O2/c1-10-7-14(8-11(2)15(10)17)21-12(3)16(20)19-13-5-4-6-18-9-13/h4-9,12H,1-3H3,(H,19,20). The molecule has 1 atom stereocenters. The van der Waals surface area contributed by atoms with Gasteiger partial charge >= 0.3 is 0 Å². The van der Waals surface area contributed by atoms with Gasteiger partial charge in [0.05, 0.1) is 11.9 Å². The molecule has 2 aromatic rings. The summed E-state index contributed by atoms with van der Waals surface area (Å²) in [4.78, 5) is 16.0. The summed E-state index contributed by atoms with van der Waals surface area (Å²) in [5.74, 6) is 0.400. The Hall–Kier alpha value is -2.07. The predicted molar refractivity (Wildman–Crippen MR) is 83.9 cm³/mol. The van der Waals surface area contributed by atoms with Crippen LogP contribution in [0.4, 0.5) is 5.69 Å². The smallest absolute Gasteiger partial charge is 0.265 e. The minimum Gasteiger partial charge on any atom is -0.481 e. The van der Waals surface area contributed by atoms with Gasteiger partial charge in [0.25, 0.3) is 5.91 Å². The third-order valence-corrected chi connectivity index (χ3v) is 3.62. The number of carbonyl (C=O) groups excluding carboxylic acids is 1. The number of carbonyl (C=O) groups is 1. The van der Waals surface area contributed by atoms with Gasteiger partial charge < -0.3 is 10.1 Å². The first-order valence-electron chi connectivity index (χ1n) is 6.61. The van der Waals surface area contributed by atoms with Crippen molar-refractivity contribution in [2.45, 2.75) is 26.9 Å². The van der Waals surface area contributed by atoms with Crippen LogP contribution in [-0.4, -0.2) is 17.0 Å². The highest BCUT2D eigenvalue weighted by Gasteiger charge is 2.15. The Labute approximate surface area is 129 Å². The lowest BCUT2D eigenvalue weighted by atomic mass is 10.1. The highest BCUT2D eigenvalue weighted by atomic mass is 35.5. The molecule has 0 bridgehead atoms. The molecule has 4 nitrogen and oxygen atoms in total. The van der Waals surface area contributed by atoms with Crippen LogP contribution < -0.4 is 10.1 Å². The van der Waals surface area contributed by atoms with Crippen LogP contribution in [0.1, 0.15) is 18.1 Å². The van der Waals surface area contributed by atoms with Crippen LogP contribution >= 0.6 is 11.6 Å². The van der Waals surface area contributed by atoms with Gasteiger partial charge in [0.15, 0.2) is 6.10 Å². The van der Waals surface area contributed by atoms with Crippen molar-refractivity contribution >= 4 is 23.2 Å². The maximum atomic E-state index is 12.1. The fourth-order valence-electron chi connectivity index (χ4n) is 1.91. The normalized spacial score (nSPS) is 11.8. The van der Waals surface area contributed by atoms with Crippen molar-refractivity contribution < 1.29 is 9.53 Å². The molecule has 21 heavy (non-hydrogen) atoms. The number of pyridine rings is 1. The lowest BCUT2D eigenvalue weighted by molar-refractivity contribution is -0.122. The molecule has 0 saturated carbocycles. The number of halogens is 1. The van der Waals surface area contributed by atoms with Gasteiger partial charge in [-0.05, 0) is 56.2 Å². The monoisotopic (exact) mass is 304 g/mol. The second kappa shape index (κ2) is 6.59. The molecule has 0 saturated heterocycles. The van der Waals surface area contributed by atoms with Crippen molar-refractivity contribution in [1.82, 2.24) is 4.98 Å². The predicted octanol–water partition coefficient (Wildman–Crippen LogP) is 3.76. The number of nitrogens with zero attached hydrogens (tertiary/aromatic N) is 1. The lowest BCUT2D eigenvalue weighted by Crippen LogP contribution is -2.30. The quantitative estimate of drug-likeness (QED) is 0.935. The van der Waals surface area contributed by atoms with E-state index in [-0.39, 0.29) is 5.91 Å². The number of amides is 1. The van der Waals surface area contributed by atoms with E-state index < -0.39 is 6.10 Å². The van der Waals surface area contributed by atoms with Gasteiger partial charge in [-0.15, -0.1) is 0 Å². The van der Waals surface area contributed by atoms with E-state index >= 15 is 0 Å². The van der Waals surface area contributed by atoms with Crippen molar-refractivity contribution in [1.29, 1.82) is 0 Å². The molecule has 0 aliphatic heterocycles. The van der Waals surface area contributed by atoms with Crippen LogP contribution in [0, 0.1) is 13.8 Å². The zero-order valence-electron chi connectivity index (χ0n) is 12.2. The first-order valence-corrected chi connectivity index (χ1v) is 6.99. The summed E-state index contributed by atoms with van der Waals surface area (Å²) >= 11 is 6.11. The zero-order chi connectivity index (χ0) is 15.4. The summed E-state index contributed by atoms with van der Waals surface area (Å²) in [7, 11) is 0. The van der Waals surface area contributed by atoms with E-state index in [1.54, 1.807) is 31.5 Å². The Morgan fingerprint density at radius 3 is 2.57 bits per heavy atom. The highest BCUT2D eigenvalue weighted by molar-refractivity contribution is 6.32. The minimum atomic E-state index is -0.620. The van der Waals surface area contributed by atoms with E-state index in [9.17, 15) is 4.79 Å². The average Bonchev–Trinajstić information content (AvgIpc) is 2.45. The number of anilines is 1. The summed E-state index contributed by atoms with van der Waals surface area (Å²) < 4.78 is 5.67. The van der Waals surface area contributed by atoms with Gasteiger partial charge in [-0.3, -0.25) is 9.78 Å². The Morgan fingerprint density at radius 1 is 1.33 bits per heavy atom. The molecule has 1 N–H and O–H groups in total. The Bertz CT molecular complexity index is 621. The molecule has 1 amide bonds. The van der Waals surface area contributed by atoms with Crippen LogP contribution in [0.3, 0.4) is 0 Å². The van der Waals surface area contributed by atoms with E-state index in [4.69, 9.17) is 16.3 Å². The first kappa shape index (κ1) is 15.3. The number of nitrogens with one attached hydrogen (secondary N) is 1. The zero-order valence-corrected chi connectivity index (χ0v) is 12.9. The average molecular weight is 305 g/mol. The number of hydrogen-bond acceptors (Lipinski definition) is 3. The maximum absolute atomic E-state index is 12.1. The summed E-state index contributed by atoms with van der Waals surface area (Å²) in [5.41, 5.74) is 2.49. The van der Waals surface area contributed by atoms with E-state index in [1.807, 2.05) is 26.0 Å². The maximum Gasteiger partial charge on any atom is 0.265 e. The van der Waals surface area contributed by atoms with Gasteiger partial charge in [-0.1, -0.05) is 11.6 Å². The molecule has 1 unspecified atom stereocenters. The molecular formula is C16H17ClN2O2. The lowest BCUT2D eigenvalue weighted by Gasteiger charge is -2.16. The Balaban J connectivity index is 2.04. The summed E-state index contributed by atoms with van der Waals surface area (Å²) in [5, 5.41) is 3.47. The number of aromatic nitrogens is 1. The molecule has 0 spiro atoms. The third-order valence-electron chi connectivity index (χ3n) is 3.02. The van der Waals surface area contributed by atoms with Gasteiger partial charge in [0.1, 0.15) is 5.75 Å². The van der Waals surface area contributed by atoms with Gasteiger partial charge in [-0.25, -0.2) is 0 Å². The van der Waals surface area contributed by atoms with Crippen molar-refractivity contribution in [2.75, 3.05) is 5.32 Å². The number of rotatable bonds is 4. The SMILES string of the molecule is Cc1cc(OC(C)C(=O)Nc2cccnc2)cc(C)c1Cl. The largest absolute Gasteiger partial charge is 0.481 e. The van der Waals surface area contributed by atoms with Crippen LogP contribution in [0.15, 0.2) is 36.7 Å². The van der Waals surface area contributed by atoms with E-state index in [1.165, 1.54) is 0 Å². The molecular weight excluding hydrogens is 288 g/mol. The molecule has 0 radical (unpaired) electrons. The Morgan fingerprint density at radius 2 is 2.00 bits per heavy atom. The fourth-order valence-corrected chi connectivity index (χ4v) is 2.02. The second-order valence-electron chi connectivity index (χ2n) is 4.86. The second-order valence-corrected chi connectivity index (χ2v) is 5.24. The third kappa shape index (κ3) is 3.95. The highest BCUT2D eigenvalue weighted by Crippen LogP contribution is 2.26. The van der Waals surface area contributed by atoms with Crippen LogP contribution in [0.25, 0.3) is 0 Å². The van der Waals surface area contributed by atoms with E-state index in [2.05, 4.69) is 10.3 Å². The number of hydrogen-bond donors (Lipinski definition) is 1. The van der Waals surface area contributed by atoms with Crippen molar-refractivity contribution in [3.8, 4) is 5.75 Å². The summed E-state index contributed by atoms with van der Waals surface area (Å²) in [6, 6.07) is 7.17. The minimum absolute atomic E-state index is 0.228. The van der Waals surface area contributed by atoms with E-state index in [0.29, 0.717) is 11.4 Å². The number of ether oxygens (including phenoxy) is 1. The fraction of sp³-hybridized carbons (Fsp3) is 0.250. The van der Waals surface area contributed by atoms with E-state index in [0.717, 1.165) is 16.1 Å². The molecule has 0 fully saturated rings. The Kier molecular flexibility index (Phi) is 4.81. The van der Waals surface area contributed by atoms with Crippen molar-refractivity contribution in [2.24, 2.45) is 0 Å². The van der Waals surface area contributed by atoms with Crippen LogP contribution in [0.2, 0.25) is 5.02 Å². The van der Waals surface area contributed by atoms with Gasteiger partial charge in [0, 0.05) is 11.2 Å². The van der Waals surface area contributed by atoms with Crippen molar-refractivity contribution in [3.05, 3.63) is 52.8 Å². The van der Waals surface area contributed by atoms with Gasteiger partial charge in [-0.2, -0.15) is 0 Å². The molecule has 1 aromatic heterocycles. The molecule has 0 aliphatic carbocycles. The molecule has 1 heterocycles. The topological polar surface area (TPSA) is 51.2 Å².